The van der Waals surface area contributed by atoms with E-state index in [4.69, 9.17) is 9.47 Å². The van der Waals surface area contributed by atoms with Crippen LogP contribution in [0, 0.1) is 5.92 Å². The lowest BCUT2D eigenvalue weighted by Gasteiger charge is -2.20. The van der Waals surface area contributed by atoms with Crippen LogP contribution in [-0.2, 0) is 4.74 Å². The molecule has 100 valence electrons. The molecule has 0 heterocycles. The Hall–Kier alpha value is -1.06. The summed E-state index contributed by atoms with van der Waals surface area (Å²) in [7, 11) is 3.66. The van der Waals surface area contributed by atoms with E-state index in [1.807, 2.05) is 25.2 Å². The minimum absolute atomic E-state index is 0.0740. The molecule has 0 aromatic heterocycles. The third kappa shape index (κ3) is 3.72. The second-order valence-corrected chi connectivity index (χ2v) is 4.89. The average molecular weight is 249 g/mol. The SMILES string of the molecule is CNCC(OCCC1CC1)c1ccccc1OC. The van der Waals surface area contributed by atoms with Gasteiger partial charge < -0.3 is 14.8 Å². The van der Waals surface area contributed by atoms with Gasteiger partial charge >= 0.3 is 0 Å². The Kier molecular flexibility index (Phi) is 5.02. The standard InChI is InChI=1S/C15H23NO2/c1-16-11-15(18-10-9-12-7-8-12)13-5-3-4-6-14(13)17-2/h3-6,12,15-16H,7-11H2,1-2H3. The van der Waals surface area contributed by atoms with E-state index in [0.717, 1.165) is 30.4 Å². The molecule has 1 saturated carbocycles. The summed E-state index contributed by atoms with van der Waals surface area (Å²) in [5, 5.41) is 3.19. The highest BCUT2D eigenvalue weighted by Crippen LogP contribution is 2.33. The number of hydrogen-bond donors (Lipinski definition) is 1. The van der Waals surface area contributed by atoms with Crippen LogP contribution in [-0.4, -0.2) is 27.3 Å². The van der Waals surface area contributed by atoms with Crippen molar-refractivity contribution >= 4 is 0 Å². The van der Waals surface area contributed by atoms with E-state index in [-0.39, 0.29) is 6.10 Å². The second kappa shape index (κ2) is 6.76. The fourth-order valence-electron chi connectivity index (χ4n) is 2.16. The van der Waals surface area contributed by atoms with Gasteiger partial charge in [0.2, 0.25) is 0 Å². The predicted molar refractivity (Wildman–Crippen MR) is 73.0 cm³/mol. The molecule has 1 unspecified atom stereocenters. The number of methoxy groups -OCH3 is 1. The van der Waals surface area contributed by atoms with Crippen molar-refractivity contribution < 1.29 is 9.47 Å². The summed E-state index contributed by atoms with van der Waals surface area (Å²) in [4.78, 5) is 0. The van der Waals surface area contributed by atoms with Gasteiger partial charge in [0.25, 0.3) is 0 Å². The number of nitrogens with one attached hydrogen (secondary N) is 1. The van der Waals surface area contributed by atoms with Crippen LogP contribution in [0.25, 0.3) is 0 Å². The van der Waals surface area contributed by atoms with Gasteiger partial charge in [-0.15, -0.1) is 0 Å². The molecule has 3 nitrogen and oxygen atoms in total. The third-order valence-corrected chi connectivity index (χ3v) is 3.42. The molecule has 0 spiro atoms. The summed E-state index contributed by atoms with van der Waals surface area (Å²) in [5.41, 5.74) is 1.13. The summed E-state index contributed by atoms with van der Waals surface area (Å²) < 4.78 is 11.4. The Labute approximate surface area is 109 Å². The maximum Gasteiger partial charge on any atom is 0.124 e. The number of ether oxygens (including phenoxy) is 2. The highest BCUT2D eigenvalue weighted by atomic mass is 16.5. The quantitative estimate of drug-likeness (QED) is 0.768. The van der Waals surface area contributed by atoms with Gasteiger partial charge in [-0.2, -0.15) is 0 Å². The van der Waals surface area contributed by atoms with Crippen molar-refractivity contribution in [3.8, 4) is 5.75 Å². The predicted octanol–water partition coefficient (Wildman–Crippen LogP) is 2.77. The Morgan fingerprint density at radius 1 is 1.33 bits per heavy atom. The van der Waals surface area contributed by atoms with Crippen molar-refractivity contribution in [3.63, 3.8) is 0 Å². The van der Waals surface area contributed by atoms with Gasteiger partial charge in [0, 0.05) is 18.7 Å². The van der Waals surface area contributed by atoms with Crippen LogP contribution in [0.3, 0.4) is 0 Å². The minimum atomic E-state index is 0.0740. The van der Waals surface area contributed by atoms with Crippen molar-refractivity contribution in [2.45, 2.75) is 25.4 Å². The fraction of sp³-hybridized carbons (Fsp3) is 0.600. The van der Waals surface area contributed by atoms with Crippen LogP contribution in [0.5, 0.6) is 5.75 Å². The Bertz CT molecular complexity index is 363. The summed E-state index contributed by atoms with van der Waals surface area (Å²) in [6.45, 7) is 1.65. The van der Waals surface area contributed by atoms with Crippen LogP contribution in [0.2, 0.25) is 0 Å². The van der Waals surface area contributed by atoms with E-state index in [2.05, 4.69) is 11.4 Å². The Morgan fingerprint density at radius 2 is 2.11 bits per heavy atom. The molecular weight excluding hydrogens is 226 g/mol. The number of benzene rings is 1. The summed E-state index contributed by atoms with van der Waals surface area (Å²) in [6, 6.07) is 8.09. The smallest absolute Gasteiger partial charge is 0.124 e. The molecule has 2 rings (SSSR count). The first-order valence-corrected chi connectivity index (χ1v) is 6.74. The van der Waals surface area contributed by atoms with E-state index in [9.17, 15) is 0 Å². The molecule has 1 aliphatic carbocycles. The largest absolute Gasteiger partial charge is 0.496 e. The fourth-order valence-corrected chi connectivity index (χ4v) is 2.16. The minimum Gasteiger partial charge on any atom is -0.496 e. The molecule has 18 heavy (non-hydrogen) atoms. The van der Waals surface area contributed by atoms with Gasteiger partial charge in [0.1, 0.15) is 5.75 Å². The van der Waals surface area contributed by atoms with Gasteiger partial charge in [0.15, 0.2) is 0 Å². The maximum absolute atomic E-state index is 6.02. The second-order valence-electron chi connectivity index (χ2n) is 4.89. The molecule has 1 aromatic rings. The van der Waals surface area contributed by atoms with Crippen LogP contribution >= 0.6 is 0 Å². The van der Waals surface area contributed by atoms with E-state index >= 15 is 0 Å². The number of rotatable bonds is 8. The summed E-state index contributed by atoms with van der Waals surface area (Å²) in [6.07, 6.45) is 4.03. The van der Waals surface area contributed by atoms with Gasteiger partial charge in [-0.3, -0.25) is 0 Å². The van der Waals surface area contributed by atoms with E-state index in [1.165, 1.54) is 19.3 Å². The van der Waals surface area contributed by atoms with Crippen molar-refractivity contribution in [2.75, 3.05) is 27.3 Å². The lowest BCUT2D eigenvalue weighted by molar-refractivity contribution is 0.0483. The van der Waals surface area contributed by atoms with Crippen molar-refractivity contribution in [1.29, 1.82) is 0 Å². The Morgan fingerprint density at radius 3 is 2.78 bits per heavy atom. The van der Waals surface area contributed by atoms with E-state index < -0.39 is 0 Å². The molecule has 3 heteroatoms. The Balaban J connectivity index is 1.97. The lowest BCUT2D eigenvalue weighted by atomic mass is 10.1. The topological polar surface area (TPSA) is 30.5 Å². The van der Waals surface area contributed by atoms with Crippen molar-refractivity contribution in [2.24, 2.45) is 5.92 Å². The van der Waals surface area contributed by atoms with Crippen LogP contribution in [0.4, 0.5) is 0 Å². The molecule has 1 atom stereocenters. The van der Waals surface area contributed by atoms with Crippen molar-refractivity contribution in [3.05, 3.63) is 29.8 Å². The highest BCUT2D eigenvalue weighted by Gasteiger charge is 2.22. The zero-order chi connectivity index (χ0) is 12.8. The molecule has 0 bridgehead atoms. The van der Waals surface area contributed by atoms with E-state index in [0.29, 0.717) is 0 Å². The zero-order valence-electron chi connectivity index (χ0n) is 11.3. The summed E-state index contributed by atoms with van der Waals surface area (Å²) >= 11 is 0. The summed E-state index contributed by atoms with van der Waals surface area (Å²) in [5.74, 6) is 1.82. The van der Waals surface area contributed by atoms with Crippen LogP contribution < -0.4 is 10.1 Å². The zero-order valence-corrected chi connectivity index (χ0v) is 11.3. The van der Waals surface area contributed by atoms with Crippen molar-refractivity contribution in [1.82, 2.24) is 5.32 Å². The normalized spacial score (nSPS) is 16.6. The molecule has 0 aliphatic heterocycles. The molecule has 0 saturated heterocycles. The molecule has 1 fully saturated rings. The van der Waals surface area contributed by atoms with Crippen LogP contribution in [0.1, 0.15) is 30.9 Å². The molecule has 0 radical (unpaired) electrons. The first-order valence-electron chi connectivity index (χ1n) is 6.74. The van der Waals surface area contributed by atoms with E-state index in [1.54, 1.807) is 7.11 Å². The molecule has 1 aromatic carbocycles. The van der Waals surface area contributed by atoms with Gasteiger partial charge in [-0.05, 0) is 25.5 Å². The molecule has 0 amide bonds. The number of hydrogen-bond acceptors (Lipinski definition) is 3. The van der Waals surface area contributed by atoms with Gasteiger partial charge in [-0.25, -0.2) is 0 Å². The first-order chi connectivity index (χ1) is 8.85. The van der Waals surface area contributed by atoms with Crippen LogP contribution in [0.15, 0.2) is 24.3 Å². The molecular formula is C15H23NO2. The third-order valence-electron chi connectivity index (χ3n) is 3.42. The highest BCUT2D eigenvalue weighted by molar-refractivity contribution is 5.35. The number of para-hydroxylation sites is 1. The monoisotopic (exact) mass is 249 g/mol. The average Bonchev–Trinajstić information content (AvgIpc) is 3.22. The lowest BCUT2D eigenvalue weighted by Crippen LogP contribution is -2.20. The first kappa shape index (κ1) is 13.4. The van der Waals surface area contributed by atoms with Gasteiger partial charge in [-0.1, -0.05) is 31.0 Å². The molecule has 1 N–H and O–H groups in total. The number of likely N-dealkylation sites (N-methyl/N-ethyl adjacent to an activating group) is 1. The van der Waals surface area contributed by atoms with Gasteiger partial charge in [0.05, 0.1) is 13.2 Å². The molecule has 1 aliphatic rings. The maximum atomic E-state index is 6.02.